The molecular weight excluding hydrogens is 379 g/mol. The summed E-state index contributed by atoms with van der Waals surface area (Å²) in [4.78, 5) is 20.4. The van der Waals surface area contributed by atoms with Crippen molar-refractivity contribution >= 4 is 22.4 Å². The summed E-state index contributed by atoms with van der Waals surface area (Å²) in [5.74, 6) is 1.10. The van der Waals surface area contributed by atoms with E-state index in [1.54, 1.807) is 24.5 Å². The van der Waals surface area contributed by atoms with Gasteiger partial charge in [0.1, 0.15) is 26.9 Å². The van der Waals surface area contributed by atoms with Crippen LogP contribution < -0.4 is 5.56 Å². The predicted molar refractivity (Wildman–Crippen MR) is 105 cm³/mol. The van der Waals surface area contributed by atoms with Crippen LogP contribution in [0.3, 0.4) is 0 Å². The van der Waals surface area contributed by atoms with Crippen LogP contribution in [-0.4, -0.2) is 35.6 Å². The van der Waals surface area contributed by atoms with Crippen molar-refractivity contribution in [3.05, 3.63) is 32.4 Å². The van der Waals surface area contributed by atoms with Crippen LogP contribution in [0.4, 0.5) is 4.39 Å². The largest absolute Gasteiger partial charge is 0.310 e. The molecule has 9 heteroatoms. The third kappa shape index (κ3) is 2.96. The Morgan fingerprint density at radius 3 is 2.61 bits per heavy atom. The van der Waals surface area contributed by atoms with Crippen LogP contribution in [-0.2, 0) is 0 Å². The second-order valence-electron chi connectivity index (χ2n) is 8.37. The summed E-state index contributed by atoms with van der Waals surface area (Å²) in [5, 5.41) is 15.3. The van der Waals surface area contributed by atoms with Crippen molar-refractivity contribution in [2.75, 3.05) is 0 Å². The van der Waals surface area contributed by atoms with Crippen molar-refractivity contribution in [3.63, 3.8) is 0 Å². The van der Waals surface area contributed by atoms with Crippen LogP contribution in [0.5, 0.6) is 0 Å². The fourth-order valence-electron chi connectivity index (χ4n) is 4.43. The van der Waals surface area contributed by atoms with Gasteiger partial charge in [0.15, 0.2) is 5.65 Å². The van der Waals surface area contributed by atoms with Gasteiger partial charge in [0, 0.05) is 11.8 Å². The van der Waals surface area contributed by atoms with Gasteiger partial charge in [-0.15, -0.1) is 21.5 Å². The fraction of sp³-hybridized carbons (Fsp3) is 0.632. The van der Waals surface area contributed by atoms with Gasteiger partial charge in [0.25, 0.3) is 5.56 Å². The molecule has 1 N–H and O–H groups in total. The van der Waals surface area contributed by atoms with Gasteiger partial charge in [0.05, 0.1) is 12.2 Å². The SMILES string of the molecule is Cc1nnc([C@H]2CC[C@H]2c2nc3c(cnn3C3CCC(C)(F)CC3)c(=O)[nH]2)s1. The second kappa shape index (κ2) is 6.43. The maximum Gasteiger partial charge on any atom is 0.262 e. The Morgan fingerprint density at radius 1 is 1.21 bits per heavy atom. The first-order chi connectivity index (χ1) is 13.4. The molecule has 0 bridgehead atoms. The van der Waals surface area contributed by atoms with Crippen LogP contribution in [0.2, 0.25) is 0 Å². The van der Waals surface area contributed by atoms with Gasteiger partial charge >= 0.3 is 0 Å². The molecular formula is C19H23FN6OS. The molecule has 3 aromatic rings. The zero-order valence-electron chi connectivity index (χ0n) is 16.0. The van der Waals surface area contributed by atoms with Crippen LogP contribution in [0.15, 0.2) is 11.0 Å². The van der Waals surface area contributed by atoms with Gasteiger partial charge in [0.2, 0.25) is 0 Å². The predicted octanol–water partition coefficient (Wildman–Crippen LogP) is 3.78. The van der Waals surface area contributed by atoms with E-state index in [1.807, 2.05) is 11.6 Å². The molecule has 0 aliphatic heterocycles. The van der Waals surface area contributed by atoms with E-state index in [4.69, 9.17) is 4.98 Å². The Labute approximate surface area is 165 Å². The number of hydrogen-bond acceptors (Lipinski definition) is 6. The first kappa shape index (κ1) is 17.9. The van der Waals surface area contributed by atoms with E-state index in [0.29, 0.717) is 42.5 Å². The Morgan fingerprint density at radius 2 is 1.96 bits per heavy atom. The van der Waals surface area contributed by atoms with Crippen molar-refractivity contribution in [1.82, 2.24) is 29.9 Å². The Balaban J connectivity index is 1.49. The summed E-state index contributed by atoms with van der Waals surface area (Å²) in [7, 11) is 0. The third-order valence-electron chi connectivity index (χ3n) is 6.31. The monoisotopic (exact) mass is 402 g/mol. The Bertz CT molecular complexity index is 1080. The minimum absolute atomic E-state index is 0.0893. The lowest BCUT2D eigenvalue weighted by atomic mass is 9.73. The average molecular weight is 402 g/mol. The summed E-state index contributed by atoms with van der Waals surface area (Å²) in [5.41, 5.74) is -0.643. The van der Waals surface area contributed by atoms with E-state index < -0.39 is 5.67 Å². The number of nitrogens with one attached hydrogen (secondary N) is 1. The number of H-pyrrole nitrogens is 1. The van der Waals surface area contributed by atoms with E-state index in [-0.39, 0.29) is 23.4 Å². The first-order valence-electron chi connectivity index (χ1n) is 9.88. The first-order valence-corrected chi connectivity index (χ1v) is 10.7. The molecule has 0 aromatic carbocycles. The molecule has 0 spiro atoms. The molecule has 3 aromatic heterocycles. The van der Waals surface area contributed by atoms with Crippen molar-refractivity contribution < 1.29 is 4.39 Å². The van der Waals surface area contributed by atoms with Gasteiger partial charge in [-0.3, -0.25) is 4.79 Å². The smallest absolute Gasteiger partial charge is 0.262 e. The minimum Gasteiger partial charge on any atom is -0.310 e. The summed E-state index contributed by atoms with van der Waals surface area (Å²) >= 11 is 1.61. The number of rotatable bonds is 3. The number of alkyl halides is 1. The lowest BCUT2D eigenvalue weighted by Crippen LogP contribution is -2.29. The average Bonchev–Trinajstić information content (AvgIpc) is 3.21. The summed E-state index contributed by atoms with van der Waals surface area (Å²) < 4.78 is 16.0. The van der Waals surface area contributed by atoms with Crippen LogP contribution in [0.25, 0.3) is 11.0 Å². The molecule has 28 heavy (non-hydrogen) atoms. The summed E-state index contributed by atoms with van der Waals surface area (Å²) in [6, 6.07) is 0.0893. The molecule has 2 aliphatic carbocycles. The molecule has 0 radical (unpaired) electrons. The molecule has 0 saturated heterocycles. The number of halogens is 1. The number of fused-ring (bicyclic) bond motifs is 1. The molecule has 0 amide bonds. The van der Waals surface area contributed by atoms with Crippen molar-refractivity contribution in [2.24, 2.45) is 0 Å². The van der Waals surface area contributed by atoms with Gasteiger partial charge < -0.3 is 4.98 Å². The van der Waals surface area contributed by atoms with E-state index >= 15 is 0 Å². The number of aromatic amines is 1. The molecule has 2 fully saturated rings. The van der Waals surface area contributed by atoms with E-state index in [2.05, 4.69) is 20.3 Å². The minimum atomic E-state index is -1.10. The topological polar surface area (TPSA) is 89.3 Å². The standard InChI is InChI=1S/C19H23FN6OS/c1-10-24-25-18(28-10)13-4-3-12(13)15-22-16-14(17(27)23-15)9-21-26(16)11-5-7-19(2,20)8-6-11/h9,11-13H,3-8H2,1-2H3,(H,22,23,27)/t11?,12-,13+,19?/m1/s1. The molecule has 2 atom stereocenters. The Kier molecular flexibility index (Phi) is 4.12. The van der Waals surface area contributed by atoms with Crippen LogP contribution in [0, 0.1) is 6.92 Å². The maximum absolute atomic E-state index is 14.2. The zero-order chi connectivity index (χ0) is 19.5. The highest BCUT2D eigenvalue weighted by Crippen LogP contribution is 2.48. The lowest BCUT2D eigenvalue weighted by Gasteiger charge is -2.34. The molecule has 148 valence electrons. The fourth-order valence-corrected chi connectivity index (χ4v) is 5.33. The quantitative estimate of drug-likeness (QED) is 0.720. The molecule has 5 rings (SSSR count). The number of hydrogen-bond donors (Lipinski definition) is 1. The highest BCUT2D eigenvalue weighted by atomic mass is 32.1. The number of nitrogens with zero attached hydrogens (tertiary/aromatic N) is 5. The highest BCUT2D eigenvalue weighted by molar-refractivity contribution is 7.11. The molecule has 7 nitrogen and oxygen atoms in total. The summed E-state index contributed by atoms with van der Waals surface area (Å²) in [6.45, 7) is 3.61. The number of aromatic nitrogens is 6. The molecule has 0 unspecified atom stereocenters. The van der Waals surface area contributed by atoms with Gasteiger partial charge in [-0.2, -0.15) is 5.10 Å². The van der Waals surface area contributed by atoms with E-state index in [9.17, 15) is 9.18 Å². The van der Waals surface area contributed by atoms with E-state index in [1.165, 1.54) is 0 Å². The van der Waals surface area contributed by atoms with Crippen molar-refractivity contribution in [2.45, 2.75) is 75.9 Å². The van der Waals surface area contributed by atoms with Crippen LogP contribution >= 0.6 is 11.3 Å². The Hall–Kier alpha value is -2.16. The van der Waals surface area contributed by atoms with Gasteiger partial charge in [-0.25, -0.2) is 14.1 Å². The second-order valence-corrected chi connectivity index (χ2v) is 9.58. The van der Waals surface area contributed by atoms with Gasteiger partial charge in [-0.1, -0.05) is 0 Å². The molecule has 2 aliphatic rings. The zero-order valence-corrected chi connectivity index (χ0v) is 16.8. The lowest BCUT2D eigenvalue weighted by molar-refractivity contribution is 0.103. The van der Waals surface area contributed by atoms with Crippen LogP contribution in [0.1, 0.15) is 79.2 Å². The third-order valence-corrected chi connectivity index (χ3v) is 7.28. The normalized spacial score (nSPS) is 30.5. The van der Waals surface area contributed by atoms with E-state index in [0.717, 1.165) is 22.9 Å². The number of aryl methyl sites for hydroxylation is 1. The summed E-state index contributed by atoms with van der Waals surface area (Å²) in [6.07, 6.45) is 6.02. The maximum atomic E-state index is 14.2. The van der Waals surface area contributed by atoms with Crippen molar-refractivity contribution in [1.29, 1.82) is 0 Å². The molecule has 2 saturated carbocycles. The van der Waals surface area contributed by atoms with Gasteiger partial charge in [-0.05, 0) is 52.4 Å². The highest BCUT2D eigenvalue weighted by Gasteiger charge is 2.38. The molecule has 3 heterocycles. The van der Waals surface area contributed by atoms with Crippen molar-refractivity contribution in [3.8, 4) is 0 Å².